The Balaban J connectivity index is 2.10. The van der Waals surface area contributed by atoms with Crippen molar-refractivity contribution in [3.05, 3.63) is 48.3 Å². The van der Waals surface area contributed by atoms with E-state index in [2.05, 4.69) is 22.9 Å². The van der Waals surface area contributed by atoms with Gasteiger partial charge >= 0.3 is 0 Å². The highest BCUT2D eigenvalue weighted by atomic mass is 32.1. The third-order valence-electron chi connectivity index (χ3n) is 2.21. The van der Waals surface area contributed by atoms with Crippen LogP contribution in [0.4, 0.5) is 5.69 Å². The van der Waals surface area contributed by atoms with Crippen molar-refractivity contribution in [2.24, 2.45) is 0 Å². The molecule has 0 saturated heterocycles. The van der Waals surface area contributed by atoms with Gasteiger partial charge in [-0.15, -0.1) is 11.3 Å². The Hall–Kier alpha value is -1.81. The van der Waals surface area contributed by atoms with E-state index >= 15 is 0 Å². The van der Waals surface area contributed by atoms with Crippen LogP contribution in [0.15, 0.2) is 48.3 Å². The predicted octanol–water partition coefficient (Wildman–Crippen LogP) is 3.30. The Morgan fingerprint density at radius 3 is 3.06 bits per heavy atom. The number of aromatic nitrogens is 1. The van der Waals surface area contributed by atoms with Gasteiger partial charge in [-0.25, -0.2) is 4.98 Å². The van der Waals surface area contributed by atoms with Gasteiger partial charge in [-0.1, -0.05) is 6.58 Å². The van der Waals surface area contributed by atoms with E-state index in [-0.39, 0.29) is 0 Å². The molecule has 0 aliphatic heterocycles. The number of anilines is 1. The number of fused-ring (bicyclic) bond motifs is 1. The van der Waals surface area contributed by atoms with Gasteiger partial charge in [0, 0.05) is 31.7 Å². The van der Waals surface area contributed by atoms with Crippen molar-refractivity contribution < 1.29 is 0 Å². The molecule has 2 aromatic rings. The lowest BCUT2D eigenvalue weighted by molar-refractivity contribution is 0.563. The SMILES string of the molecule is C=C(/C=C\N(C)C)Nc1ccc2scnc2c1. The second-order valence-electron chi connectivity index (χ2n) is 3.96. The number of hydrogen-bond donors (Lipinski definition) is 1. The zero-order chi connectivity index (χ0) is 12.3. The van der Waals surface area contributed by atoms with Crippen molar-refractivity contribution in [3.8, 4) is 0 Å². The van der Waals surface area contributed by atoms with Gasteiger partial charge < -0.3 is 10.2 Å². The van der Waals surface area contributed by atoms with Crippen molar-refractivity contribution in [2.75, 3.05) is 19.4 Å². The van der Waals surface area contributed by atoms with Crippen LogP contribution in [0.5, 0.6) is 0 Å². The average Bonchev–Trinajstić information content (AvgIpc) is 2.73. The standard InChI is InChI=1S/C13H15N3S/c1-10(6-7-16(2)3)15-11-4-5-13-12(8-11)14-9-17-13/h4-9,15H,1H2,2-3H3/b7-6-. The lowest BCUT2D eigenvalue weighted by atomic mass is 10.3. The van der Waals surface area contributed by atoms with Crippen LogP contribution >= 0.6 is 11.3 Å². The number of hydrogen-bond acceptors (Lipinski definition) is 4. The van der Waals surface area contributed by atoms with Crippen molar-refractivity contribution >= 4 is 27.2 Å². The van der Waals surface area contributed by atoms with E-state index in [0.29, 0.717) is 0 Å². The van der Waals surface area contributed by atoms with Crippen molar-refractivity contribution in [1.29, 1.82) is 0 Å². The summed E-state index contributed by atoms with van der Waals surface area (Å²) in [7, 11) is 3.95. The molecule has 17 heavy (non-hydrogen) atoms. The predicted molar refractivity (Wildman–Crippen MR) is 75.2 cm³/mol. The molecule has 0 radical (unpaired) electrons. The molecule has 0 aliphatic rings. The zero-order valence-corrected chi connectivity index (χ0v) is 10.8. The molecule has 0 atom stereocenters. The summed E-state index contributed by atoms with van der Waals surface area (Å²) in [4.78, 5) is 6.25. The maximum absolute atomic E-state index is 4.28. The molecule has 0 aliphatic carbocycles. The first-order valence-corrected chi connectivity index (χ1v) is 6.17. The quantitative estimate of drug-likeness (QED) is 0.838. The van der Waals surface area contributed by atoms with Crippen LogP contribution in [-0.2, 0) is 0 Å². The van der Waals surface area contributed by atoms with E-state index in [1.54, 1.807) is 11.3 Å². The van der Waals surface area contributed by atoms with E-state index in [9.17, 15) is 0 Å². The number of thiazole rings is 1. The Kier molecular flexibility index (Phi) is 3.44. The molecule has 0 fully saturated rings. The van der Waals surface area contributed by atoms with Crippen molar-refractivity contribution in [3.63, 3.8) is 0 Å². The number of rotatable bonds is 4. The van der Waals surface area contributed by atoms with Gasteiger partial charge in [-0.2, -0.15) is 0 Å². The minimum Gasteiger partial charge on any atom is -0.383 e. The summed E-state index contributed by atoms with van der Waals surface area (Å²) < 4.78 is 1.20. The molecule has 1 N–H and O–H groups in total. The van der Waals surface area contributed by atoms with Crippen LogP contribution in [0.25, 0.3) is 10.2 Å². The molecule has 0 spiro atoms. The fraction of sp³-hybridized carbons (Fsp3) is 0.154. The number of nitrogens with zero attached hydrogens (tertiary/aromatic N) is 2. The van der Waals surface area contributed by atoms with E-state index < -0.39 is 0 Å². The van der Waals surface area contributed by atoms with Gasteiger partial charge in [0.2, 0.25) is 0 Å². The molecule has 4 heteroatoms. The molecule has 1 aromatic heterocycles. The van der Waals surface area contributed by atoms with Crippen LogP contribution in [0.1, 0.15) is 0 Å². The molecule has 0 saturated carbocycles. The summed E-state index contributed by atoms with van der Waals surface area (Å²) in [5.41, 5.74) is 4.74. The smallest absolute Gasteiger partial charge is 0.0832 e. The maximum Gasteiger partial charge on any atom is 0.0832 e. The third-order valence-corrected chi connectivity index (χ3v) is 3.02. The molecule has 88 valence electrons. The van der Waals surface area contributed by atoms with Gasteiger partial charge in [0.15, 0.2) is 0 Å². The van der Waals surface area contributed by atoms with Crippen LogP contribution in [0.3, 0.4) is 0 Å². The second kappa shape index (κ2) is 5.01. The Labute approximate surface area is 105 Å². The van der Waals surface area contributed by atoms with Gasteiger partial charge in [0.1, 0.15) is 0 Å². The Morgan fingerprint density at radius 2 is 2.29 bits per heavy atom. The van der Waals surface area contributed by atoms with Crippen LogP contribution in [0.2, 0.25) is 0 Å². The number of nitrogens with one attached hydrogen (secondary N) is 1. The molecule has 1 heterocycles. The number of benzene rings is 1. The van der Waals surface area contributed by atoms with Crippen LogP contribution < -0.4 is 5.32 Å². The summed E-state index contributed by atoms with van der Waals surface area (Å²) in [5.74, 6) is 0. The molecule has 0 amide bonds. The first kappa shape index (κ1) is 11.7. The lowest BCUT2D eigenvalue weighted by Gasteiger charge is -2.07. The Morgan fingerprint density at radius 1 is 1.47 bits per heavy atom. The third kappa shape index (κ3) is 3.07. The van der Waals surface area contributed by atoms with Gasteiger partial charge in [0.05, 0.1) is 15.7 Å². The highest BCUT2D eigenvalue weighted by molar-refractivity contribution is 7.16. The van der Waals surface area contributed by atoms with Gasteiger partial charge in [-0.05, 0) is 24.3 Å². The maximum atomic E-state index is 4.28. The molecule has 0 bridgehead atoms. The fourth-order valence-corrected chi connectivity index (χ4v) is 2.06. The monoisotopic (exact) mass is 245 g/mol. The first-order valence-electron chi connectivity index (χ1n) is 5.29. The molecule has 2 rings (SSSR count). The summed E-state index contributed by atoms with van der Waals surface area (Å²) in [6.45, 7) is 3.95. The summed E-state index contributed by atoms with van der Waals surface area (Å²) in [6.07, 6.45) is 3.89. The molecule has 3 nitrogen and oxygen atoms in total. The fourth-order valence-electron chi connectivity index (χ4n) is 1.40. The van der Waals surface area contributed by atoms with Gasteiger partial charge in [-0.3, -0.25) is 0 Å². The largest absolute Gasteiger partial charge is 0.383 e. The summed E-state index contributed by atoms with van der Waals surface area (Å²) >= 11 is 1.65. The molecular formula is C13H15N3S. The van der Waals surface area contributed by atoms with E-state index in [1.807, 2.05) is 48.9 Å². The number of allylic oxidation sites excluding steroid dienone is 1. The summed E-state index contributed by atoms with van der Waals surface area (Å²) in [6, 6.07) is 6.13. The van der Waals surface area contributed by atoms with Crippen LogP contribution in [0, 0.1) is 0 Å². The summed E-state index contributed by atoms with van der Waals surface area (Å²) in [5, 5.41) is 3.24. The van der Waals surface area contributed by atoms with E-state index in [0.717, 1.165) is 16.9 Å². The average molecular weight is 245 g/mol. The first-order chi connectivity index (χ1) is 8.15. The lowest BCUT2D eigenvalue weighted by Crippen LogP contribution is -2.02. The minimum absolute atomic E-state index is 0.855. The molecular weight excluding hydrogens is 230 g/mol. The molecule has 1 aromatic carbocycles. The topological polar surface area (TPSA) is 28.2 Å². The van der Waals surface area contributed by atoms with E-state index in [4.69, 9.17) is 0 Å². The van der Waals surface area contributed by atoms with Crippen LogP contribution in [-0.4, -0.2) is 24.0 Å². The molecule has 0 unspecified atom stereocenters. The normalized spacial score (nSPS) is 10.9. The Bertz CT molecular complexity index is 555. The van der Waals surface area contributed by atoms with E-state index in [1.165, 1.54) is 4.70 Å². The zero-order valence-electron chi connectivity index (χ0n) is 9.97. The van der Waals surface area contributed by atoms with Gasteiger partial charge in [0.25, 0.3) is 0 Å². The van der Waals surface area contributed by atoms with Crippen molar-refractivity contribution in [1.82, 2.24) is 9.88 Å². The van der Waals surface area contributed by atoms with Crippen molar-refractivity contribution in [2.45, 2.75) is 0 Å². The minimum atomic E-state index is 0.855. The highest BCUT2D eigenvalue weighted by Crippen LogP contribution is 2.22. The highest BCUT2D eigenvalue weighted by Gasteiger charge is 1.98. The second-order valence-corrected chi connectivity index (χ2v) is 4.85.